The van der Waals surface area contributed by atoms with E-state index in [0.29, 0.717) is 58.1 Å². The predicted octanol–water partition coefficient (Wildman–Crippen LogP) is 7.20. The number of fused-ring (bicyclic) bond motifs is 6. The quantitative estimate of drug-likeness (QED) is 0.149. The van der Waals surface area contributed by atoms with Gasteiger partial charge in [-0.1, -0.05) is 36.4 Å². The molecule has 4 aromatic rings. The normalized spacial score (nSPS) is 14.8. The third-order valence-electron chi connectivity index (χ3n) is 7.47. The first-order valence-corrected chi connectivity index (χ1v) is 14.0. The van der Waals surface area contributed by atoms with E-state index in [1.165, 1.54) is 0 Å². The highest BCUT2D eigenvalue weighted by Gasteiger charge is 2.25. The predicted molar refractivity (Wildman–Crippen MR) is 165 cm³/mol. The van der Waals surface area contributed by atoms with E-state index < -0.39 is 24.4 Å². The molecule has 0 radical (unpaired) electrons. The average molecular weight is 565 g/mol. The van der Waals surface area contributed by atoms with E-state index in [2.05, 4.69) is 13.2 Å². The van der Waals surface area contributed by atoms with Crippen molar-refractivity contribution in [3.8, 4) is 45.3 Å². The van der Waals surface area contributed by atoms with Crippen LogP contribution in [0, 0.1) is 0 Å². The lowest BCUT2D eigenvalue weighted by atomic mass is 9.93. The number of benzene rings is 4. The molecule has 0 spiro atoms. The van der Waals surface area contributed by atoms with Crippen molar-refractivity contribution >= 4 is 0 Å². The maximum atomic E-state index is 10.7. The highest BCUT2D eigenvalue weighted by molar-refractivity contribution is 5.83. The van der Waals surface area contributed by atoms with E-state index in [1.807, 2.05) is 60.7 Å². The maximum absolute atomic E-state index is 10.7. The Bertz CT molecular complexity index is 1500. The van der Waals surface area contributed by atoms with E-state index in [9.17, 15) is 20.4 Å². The minimum absolute atomic E-state index is 0.540. The second kappa shape index (κ2) is 12.3. The zero-order valence-corrected chi connectivity index (χ0v) is 23.8. The number of hydrogen-bond acceptors (Lipinski definition) is 6. The third kappa shape index (κ3) is 5.89. The highest BCUT2D eigenvalue weighted by atomic mass is 16.5. The first-order chi connectivity index (χ1) is 20.2. The second-order valence-electron chi connectivity index (χ2n) is 10.7. The van der Waals surface area contributed by atoms with Crippen LogP contribution in [0.4, 0.5) is 0 Å². The van der Waals surface area contributed by atoms with Gasteiger partial charge in [0.15, 0.2) is 0 Å². The Hall–Kier alpha value is -4.20. The van der Waals surface area contributed by atoms with Crippen LogP contribution in [0.15, 0.2) is 98.1 Å². The molecule has 42 heavy (non-hydrogen) atoms. The number of aliphatic hydroxyl groups excluding tert-OH is 4. The SMILES string of the molecule is C=CCc1ccc2c(c1)-c1cc([C@@H](O)[C@H](C)O)ccc1Oc1ccc(CC=C)cc1-c1cc([C@@H](O)[C@H](C)O)ccc1O2. The minimum Gasteiger partial charge on any atom is -0.456 e. The fourth-order valence-electron chi connectivity index (χ4n) is 5.20. The Morgan fingerprint density at radius 1 is 0.548 bits per heavy atom. The molecular weight excluding hydrogens is 528 g/mol. The fraction of sp³-hybridized carbons (Fsp3) is 0.222. The molecule has 4 N–H and O–H groups in total. The van der Waals surface area contributed by atoms with Crippen molar-refractivity contribution in [1.82, 2.24) is 0 Å². The summed E-state index contributed by atoms with van der Waals surface area (Å²) in [6.45, 7) is 10.8. The molecule has 0 bridgehead atoms. The lowest BCUT2D eigenvalue weighted by molar-refractivity contribution is 0.0305. The van der Waals surface area contributed by atoms with Crippen LogP contribution in [-0.2, 0) is 12.8 Å². The molecular formula is C36H36O6. The molecule has 0 amide bonds. The zero-order valence-electron chi connectivity index (χ0n) is 23.8. The molecule has 5 rings (SSSR count). The molecule has 1 aliphatic heterocycles. The van der Waals surface area contributed by atoms with E-state index in [4.69, 9.17) is 9.47 Å². The van der Waals surface area contributed by atoms with Gasteiger partial charge in [-0.15, -0.1) is 13.2 Å². The smallest absolute Gasteiger partial charge is 0.135 e. The molecule has 4 aromatic carbocycles. The maximum Gasteiger partial charge on any atom is 0.135 e. The lowest BCUT2D eigenvalue weighted by Gasteiger charge is -2.24. The number of ether oxygens (including phenoxy) is 2. The summed E-state index contributed by atoms with van der Waals surface area (Å²) in [7, 11) is 0. The molecule has 6 heteroatoms. The minimum atomic E-state index is -1.08. The summed E-state index contributed by atoms with van der Waals surface area (Å²) >= 11 is 0. The van der Waals surface area contributed by atoms with Gasteiger partial charge < -0.3 is 29.9 Å². The number of allylic oxidation sites excluding steroid dienone is 2. The zero-order chi connectivity index (χ0) is 30.0. The van der Waals surface area contributed by atoms with Crippen molar-refractivity contribution in [3.05, 3.63) is 120 Å². The molecule has 0 unspecified atom stereocenters. The average Bonchev–Trinajstić information content (AvgIpc) is 2.98. The van der Waals surface area contributed by atoms with Crippen LogP contribution in [0.5, 0.6) is 23.0 Å². The Labute approximate surface area is 246 Å². The van der Waals surface area contributed by atoms with Crippen molar-refractivity contribution in [2.75, 3.05) is 0 Å². The van der Waals surface area contributed by atoms with Gasteiger partial charge in [0.2, 0.25) is 0 Å². The Morgan fingerprint density at radius 3 is 1.21 bits per heavy atom. The summed E-state index contributed by atoms with van der Waals surface area (Å²) in [5.41, 5.74) is 6.00. The van der Waals surface area contributed by atoms with Gasteiger partial charge >= 0.3 is 0 Å². The standard InChI is InChI=1S/C36H36O6/c1-5-7-23-9-13-31-27(17-23)29-19-25(35(39)21(3)37)11-15-33(29)42-32-14-10-24(8-6-2)18-28(32)30-20-26(36(40)22(4)38)12-16-34(30)41-31/h5-6,9-22,35-40H,1-2,7-8H2,3-4H3/t21-,22-,35-,36-/m0/s1. The summed E-state index contributed by atoms with van der Waals surface area (Å²) < 4.78 is 13.3. The summed E-state index contributed by atoms with van der Waals surface area (Å²) in [5.74, 6) is 2.20. The van der Waals surface area contributed by atoms with Gasteiger partial charge in [0.25, 0.3) is 0 Å². The molecule has 216 valence electrons. The van der Waals surface area contributed by atoms with Gasteiger partial charge in [-0.25, -0.2) is 0 Å². The Kier molecular flexibility index (Phi) is 8.61. The van der Waals surface area contributed by atoms with Crippen LogP contribution < -0.4 is 9.47 Å². The van der Waals surface area contributed by atoms with Crippen molar-refractivity contribution in [2.45, 2.75) is 51.1 Å². The Morgan fingerprint density at radius 2 is 0.881 bits per heavy atom. The summed E-state index contributed by atoms with van der Waals surface area (Å²) in [4.78, 5) is 0. The number of hydrogen-bond donors (Lipinski definition) is 4. The van der Waals surface area contributed by atoms with Crippen LogP contribution in [0.1, 0.15) is 48.3 Å². The van der Waals surface area contributed by atoms with Crippen molar-refractivity contribution < 1.29 is 29.9 Å². The van der Waals surface area contributed by atoms with Gasteiger partial charge in [-0.2, -0.15) is 0 Å². The summed E-state index contributed by atoms with van der Waals surface area (Å²) in [6, 6.07) is 22.5. The monoisotopic (exact) mass is 564 g/mol. The molecule has 4 atom stereocenters. The van der Waals surface area contributed by atoms with Gasteiger partial charge in [-0.3, -0.25) is 0 Å². The lowest BCUT2D eigenvalue weighted by Crippen LogP contribution is -2.14. The van der Waals surface area contributed by atoms with Crippen molar-refractivity contribution in [1.29, 1.82) is 0 Å². The topological polar surface area (TPSA) is 99.4 Å². The van der Waals surface area contributed by atoms with Gasteiger partial charge in [0.1, 0.15) is 35.2 Å². The molecule has 0 aromatic heterocycles. The number of aliphatic hydroxyl groups is 4. The largest absolute Gasteiger partial charge is 0.456 e. The van der Waals surface area contributed by atoms with E-state index in [1.54, 1.807) is 38.1 Å². The van der Waals surface area contributed by atoms with Crippen LogP contribution in [0.3, 0.4) is 0 Å². The molecule has 6 nitrogen and oxygen atoms in total. The van der Waals surface area contributed by atoms with E-state index in [-0.39, 0.29) is 0 Å². The molecule has 1 heterocycles. The van der Waals surface area contributed by atoms with E-state index in [0.717, 1.165) is 22.3 Å². The van der Waals surface area contributed by atoms with Crippen LogP contribution in [0.25, 0.3) is 22.3 Å². The van der Waals surface area contributed by atoms with Crippen LogP contribution in [0.2, 0.25) is 0 Å². The Balaban J connectivity index is 1.80. The van der Waals surface area contributed by atoms with Gasteiger partial charge in [0.05, 0.1) is 12.2 Å². The van der Waals surface area contributed by atoms with Gasteiger partial charge in [0, 0.05) is 22.3 Å². The first-order valence-electron chi connectivity index (χ1n) is 14.0. The molecule has 0 saturated carbocycles. The van der Waals surface area contributed by atoms with Gasteiger partial charge in [-0.05, 0) is 97.5 Å². The second-order valence-corrected chi connectivity index (χ2v) is 10.7. The van der Waals surface area contributed by atoms with Crippen molar-refractivity contribution in [2.24, 2.45) is 0 Å². The number of rotatable bonds is 8. The molecule has 0 saturated heterocycles. The molecule has 1 aliphatic rings. The van der Waals surface area contributed by atoms with Crippen molar-refractivity contribution in [3.63, 3.8) is 0 Å². The van der Waals surface area contributed by atoms with Crippen LogP contribution in [-0.4, -0.2) is 32.6 Å². The highest BCUT2D eigenvalue weighted by Crippen LogP contribution is 2.48. The third-order valence-corrected chi connectivity index (χ3v) is 7.47. The molecule has 0 fully saturated rings. The first kappa shape index (κ1) is 29.3. The molecule has 0 aliphatic carbocycles. The summed E-state index contributed by atoms with van der Waals surface area (Å²) in [6.07, 6.45) is 0.850. The summed E-state index contributed by atoms with van der Waals surface area (Å²) in [5, 5.41) is 41.7. The van der Waals surface area contributed by atoms with Crippen LogP contribution >= 0.6 is 0 Å². The van der Waals surface area contributed by atoms with E-state index >= 15 is 0 Å². The fourth-order valence-corrected chi connectivity index (χ4v) is 5.20.